The number of halogens is 2. The Kier molecular flexibility index (Phi) is 4.22. The van der Waals surface area contributed by atoms with Crippen LogP contribution < -0.4 is 4.74 Å². The Bertz CT molecular complexity index is 599. The van der Waals surface area contributed by atoms with Gasteiger partial charge in [-0.3, -0.25) is 0 Å². The van der Waals surface area contributed by atoms with Crippen molar-refractivity contribution >= 4 is 15.9 Å². The van der Waals surface area contributed by atoms with Crippen LogP contribution in [0.3, 0.4) is 0 Å². The summed E-state index contributed by atoms with van der Waals surface area (Å²) in [6.07, 6.45) is -0.879. The standard InChI is InChI=1S/C15H14BrFO2/c1-9-8-10(19-2)6-7-11(9)15(18)12-4-3-5-13(17)14(12)16/h3-8,15,18H,1-2H3. The van der Waals surface area contributed by atoms with Crippen LogP contribution in [0.1, 0.15) is 22.8 Å². The molecule has 100 valence electrons. The first-order valence-corrected chi connectivity index (χ1v) is 6.60. The zero-order chi connectivity index (χ0) is 14.0. The van der Waals surface area contributed by atoms with Crippen LogP contribution in [0.15, 0.2) is 40.9 Å². The maximum atomic E-state index is 13.5. The molecule has 0 amide bonds. The van der Waals surface area contributed by atoms with Crippen molar-refractivity contribution in [2.24, 2.45) is 0 Å². The summed E-state index contributed by atoms with van der Waals surface area (Å²) >= 11 is 3.17. The van der Waals surface area contributed by atoms with Crippen molar-refractivity contribution in [1.29, 1.82) is 0 Å². The number of hydrogen-bond acceptors (Lipinski definition) is 2. The van der Waals surface area contributed by atoms with E-state index >= 15 is 0 Å². The highest BCUT2D eigenvalue weighted by Crippen LogP contribution is 2.32. The summed E-state index contributed by atoms with van der Waals surface area (Å²) in [7, 11) is 1.59. The van der Waals surface area contributed by atoms with Crippen LogP contribution in [0.4, 0.5) is 4.39 Å². The van der Waals surface area contributed by atoms with E-state index in [0.717, 1.165) is 16.9 Å². The van der Waals surface area contributed by atoms with Gasteiger partial charge in [0.05, 0.1) is 11.6 Å². The molecule has 1 N–H and O–H groups in total. The topological polar surface area (TPSA) is 29.5 Å². The molecule has 2 aromatic carbocycles. The van der Waals surface area contributed by atoms with Crippen molar-refractivity contribution < 1.29 is 14.2 Å². The van der Waals surface area contributed by atoms with E-state index in [1.165, 1.54) is 6.07 Å². The zero-order valence-corrected chi connectivity index (χ0v) is 12.2. The van der Waals surface area contributed by atoms with Crippen LogP contribution in [-0.2, 0) is 0 Å². The molecule has 19 heavy (non-hydrogen) atoms. The summed E-state index contributed by atoms with van der Waals surface area (Å²) in [6, 6.07) is 10.0. The highest BCUT2D eigenvalue weighted by Gasteiger charge is 2.17. The van der Waals surface area contributed by atoms with Crippen molar-refractivity contribution in [2.45, 2.75) is 13.0 Å². The van der Waals surface area contributed by atoms with Crippen LogP contribution in [0.5, 0.6) is 5.75 Å². The largest absolute Gasteiger partial charge is 0.497 e. The minimum absolute atomic E-state index is 0.290. The van der Waals surface area contributed by atoms with Crippen LogP contribution in [0.2, 0.25) is 0 Å². The molecule has 1 atom stereocenters. The molecule has 0 aliphatic rings. The van der Waals surface area contributed by atoms with Gasteiger partial charge in [0.1, 0.15) is 17.7 Å². The predicted octanol–water partition coefficient (Wildman–Crippen LogP) is 3.99. The van der Waals surface area contributed by atoms with Crippen molar-refractivity contribution in [2.75, 3.05) is 7.11 Å². The van der Waals surface area contributed by atoms with Crippen molar-refractivity contribution in [3.8, 4) is 5.75 Å². The SMILES string of the molecule is COc1ccc(C(O)c2cccc(F)c2Br)c(C)c1. The number of benzene rings is 2. The molecule has 0 heterocycles. The Morgan fingerprint density at radius 3 is 2.58 bits per heavy atom. The van der Waals surface area contributed by atoms with Gasteiger partial charge in [0.2, 0.25) is 0 Å². The first-order valence-electron chi connectivity index (χ1n) is 5.81. The number of methoxy groups -OCH3 is 1. The van der Waals surface area contributed by atoms with Gasteiger partial charge in [0, 0.05) is 5.56 Å². The van der Waals surface area contributed by atoms with Crippen molar-refractivity contribution in [1.82, 2.24) is 0 Å². The van der Waals surface area contributed by atoms with Crippen LogP contribution in [-0.4, -0.2) is 12.2 Å². The summed E-state index contributed by atoms with van der Waals surface area (Å²) in [4.78, 5) is 0. The number of aliphatic hydroxyl groups is 1. The van der Waals surface area contributed by atoms with E-state index in [-0.39, 0.29) is 10.3 Å². The molecular weight excluding hydrogens is 311 g/mol. The Labute approximate surface area is 120 Å². The third-order valence-corrected chi connectivity index (χ3v) is 3.88. The molecule has 4 heteroatoms. The number of hydrogen-bond donors (Lipinski definition) is 1. The van der Waals surface area contributed by atoms with Gasteiger partial charge in [-0.05, 0) is 52.2 Å². The van der Waals surface area contributed by atoms with E-state index in [1.807, 2.05) is 13.0 Å². The molecule has 0 fully saturated rings. The molecule has 0 saturated heterocycles. The summed E-state index contributed by atoms with van der Waals surface area (Å²) < 4.78 is 18.9. The Morgan fingerprint density at radius 2 is 1.95 bits per heavy atom. The predicted molar refractivity (Wildman–Crippen MR) is 75.9 cm³/mol. The first kappa shape index (κ1) is 14.0. The Morgan fingerprint density at radius 1 is 1.21 bits per heavy atom. The molecule has 0 saturated carbocycles. The monoisotopic (exact) mass is 324 g/mol. The number of aryl methyl sites for hydroxylation is 1. The molecular formula is C15H14BrFO2. The van der Waals surface area contributed by atoms with Gasteiger partial charge in [-0.2, -0.15) is 0 Å². The first-order chi connectivity index (χ1) is 9.04. The molecule has 0 spiro atoms. The van der Waals surface area contributed by atoms with Crippen LogP contribution in [0.25, 0.3) is 0 Å². The highest BCUT2D eigenvalue weighted by molar-refractivity contribution is 9.10. The minimum atomic E-state index is -0.879. The summed E-state index contributed by atoms with van der Waals surface area (Å²) in [6.45, 7) is 1.88. The fourth-order valence-corrected chi connectivity index (χ4v) is 2.46. The number of aliphatic hydroxyl groups excluding tert-OH is 1. The van der Waals surface area contributed by atoms with Crippen LogP contribution in [0, 0.1) is 12.7 Å². The van der Waals surface area contributed by atoms with Crippen LogP contribution >= 0.6 is 15.9 Å². The average molecular weight is 325 g/mol. The lowest BCUT2D eigenvalue weighted by Gasteiger charge is -2.16. The second kappa shape index (κ2) is 5.72. The van der Waals surface area contributed by atoms with E-state index in [4.69, 9.17) is 4.74 Å². The van der Waals surface area contributed by atoms with Gasteiger partial charge in [0.25, 0.3) is 0 Å². The molecule has 1 unspecified atom stereocenters. The summed E-state index contributed by atoms with van der Waals surface area (Å²) in [5.74, 6) is 0.342. The lowest BCUT2D eigenvalue weighted by molar-refractivity contribution is 0.218. The Hall–Kier alpha value is -1.39. The Balaban J connectivity index is 2.44. The second-order valence-corrected chi connectivity index (χ2v) is 5.06. The highest BCUT2D eigenvalue weighted by atomic mass is 79.9. The molecule has 2 aromatic rings. The van der Waals surface area contributed by atoms with E-state index < -0.39 is 6.10 Å². The van der Waals surface area contributed by atoms with E-state index in [9.17, 15) is 9.50 Å². The maximum absolute atomic E-state index is 13.5. The maximum Gasteiger partial charge on any atom is 0.137 e. The molecule has 0 aliphatic heterocycles. The van der Waals surface area contributed by atoms with E-state index in [0.29, 0.717) is 5.56 Å². The summed E-state index contributed by atoms with van der Waals surface area (Å²) in [5.41, 5.74) is 2.13. The van der Waals surface area contributed by atoms with Crippen molar-refractivity contribution in [3.05, 3.63) is 63.4 Å². The van der Waals surface area contributed by atoms with Gasteiger partial charge in [-0.1, -0.05) is 18.2 Å². The number of rotatable bonds is 3. The fraction of sp³-hybridized carbons (Fsp3) is 0.200. The zero-order valence-electron chi connectivity index (χ0n) is 10.7. The van der Waals surface area contributed by atoms with E-state index in [1.54, 1.807) is 31.4 Å². The third-order valence-electron chi connectivity index (χ3n) is 3.05. The summed E-state index contributed by atoms with van der Waals surface area (Å²) in [5, 5.41) is 10.4. The molecule has 0 bridgehead atoms. The fourth-order valence-electron chi connectivity index (χ4n) is 1.98. The molecule has 0 aliphatic carbocycles. The van der Waals surface area contributed by atoms with Gasteiger partial charge < -0.3 is 9.84 Å². The smallest absolute Gasteiger partial charge is 0.137 e. The van der Waals surface area contributed by atoms with E-state index in [2.05, 4.69) is 15.9 Å². The quantitative estimate of drug-likeness (QED) is 0.925. The number of ether oxygens (including phenoxy) is 1. The average Bonchev–Trinajstić information content (AvgIpc) is 2.41. The second-order valence-electron chi connectivity index (χ2n) is 4.27. The molecule has 2 nitrogen and oxygen atoms in total. The van der Waals surface area contributed by atoms with Gasteiger partial charge in [-0.25, -0.2) is 4.39 Å². The van der Waals surface area contributed by atoms with Gasteiger partial charge in [-0.15, -0.1) is 0 Å². The lowest BCUT2D eigenvalue weighted by Crippen LogP contribution is -2.04. The van der Waals surface area contributed by atoms with Gasteiger partial charge >= 0.3 is 0 Å². The molecule has 0 radical (unpaired) electrons. The molecule has 0 aromatic heterocycles. The third kappa shape index (κ3) is 2.80. The minimum Gasteiger partial charge on any atom is -0.497 e. The van der Waals surface area contributed by atoms with Gasteiger partial charge in [0.15, 0.2) is 0 Å². The molecule has 2 rings (SSSR count). The lowest BCUT2D eigenvalue weighted by atomic mass is 9.97. The normalized spacial score (nSPS) is 12.3. The van der Waals surface area contributed by atoms with Crippen molar-refractivity contribution in [3.63, 3.8) is 0 Å².